The van der Waals surface area contributed by atoms with Crippen LogP contribution in [0.2, 0.25) is 0 Å². The molecule has 0 heterocycles. The smallest absolute Gasteiger partial charge is 0.335 e. The lowest BCUT2D eigenvalue weighted by Gasteiger charge is -1.97. The highest BCUT2D eigenvalue weighted by molar-refractivity contribution is 5.88. The molecule has 0 atom stereocenters. The predicted molar refractivity (Wildman–Crippen MR) is 51.2 cm³/mol. The molecule has 0 saturated heterocycles. The lowest BCUT2D eigenvalue weighted by molar-refractivity contribution is 0.0696. The molecule has 13 heavy (non-hydrogen) atoms. The molecule has 0 aliphatic carbocycles. The van der Waals surface area contributed by atoms with E-state index in [9.17, 15) is 4.79 Å². The summed E-state index contributed by atoms with van der Waals surface area (Å²) in [7, 11) is 0. The van der Waals surface area contributed by atoms with Gasteiger partial charge in [0.1, 0.15) is 5.75 Å². The molecule has 0 amide bonds. The van der Waals surface area contributed by atoms with Gasteiger partial charge in [0.25, 0.3) is 0 Å². The monoisotopic (exact) mass is 182 g/mol. The molecule has 0 fully saturated rings. The Labute approximate surface area is 77.6 Å². The molecule has 0 spiro atoms. The second kappa shape index (κ2) is 5.19. The summed E-state index contributed by atoms with van der Waals surface area (Å²) >= 11 is 0. The van der Waals surface area contributed by atoms with Gasteiger partial charge in [-0.2, -0.15) is 0 Å². The van der Waals surface area contributed by atoms with Crippen molar-refractivity contribution in [3.8, 4) is 5.75 Å². The largest absolute Gasteiger partial charge is 0.508 e. The van der Waals surface area contributed by atoms with Gasteiger partial charge in [-0.05, 0) is 30.7 Å². The Kier molecular flexibility index (Phi) is 4.59. The van der Waals surface area contributed by atoms with Gasteiger partial charge in [-0.25, -0.2) is 4.79 Å². The van der Waals surface area contributed by atoms with Crippen LogP contribution in [0.3, 0.4) is 0 Å². The predicted octanol–water partition coefficient (Wildman–Crippen LogP) is 2.43. The third-order valence-corrected chi connectivity index (χ3v) is 1.31. The summed E-state index contributed by atoms with van der Waals surface area (Å²) in [6.07, 6.45) is 0. The standard InChI is InChI=1S/C8H8O3.C2H6/c1-5-2-6(8(10)11)4-7(9)3-5;1-2/h2-4,9H,1H3,(H,10,11);1-2H3. The Balaban J connectivity index is 0.000000671. The molecule has 0 aliphatic heterocycles. The van der Waals surface area contributed by atoms with Crippen molar-refractivity contribution >= 4 is 5.97 Å². The minimum atomic E-state index is -1.02. The second-order valence-electron chi connectivity index (χ2n) is 2.36. The number of carboxylic acids is 1. The van der Waals surface area contributed by atoms with Crippen molar-refractivity contribution in [1.82, 2.24) is 0 Å². The Hall–Kier alpha value is -1.51. The van der Waals surface area contributed by atoms with E-state index in [4.69, 9.17) is 10.2 Å². The van der Waals surface area contributed by atoms with Gasteiger partial charge < -0.3 is 10.2 Å². The molecule has 0 aliphatic rings. The van der Waals surface area contributed by atoms with Crippen LogP contribution in [0.5, 0.6) is 5.75 Å². The lowest BCUT2D eigenvalue weighted by atomic mass is 10.1. The van der Waals surface area contributed by atoms with Gasteiger partial charge in [0.05, 0.1) is 5.56 Å². The number of aryl methyl sites for hydroxylation is 1. The Morgan fingerprint density at radius 2 is 1.77 bits per heavy atom. The number of phenols is 1. The van der Waals surface area contributed by atoms with Gasteiger partial charge >= 0.3 is 5.97 Å². The molecule has 1 aromatic carbocycles. The molecule has 0 saturated carbocycles. The molecule has 3 nitrogen and oxygen atoms in total. The lowest BCUT2D eigenvalue weighted by Crippen LogP contribution is -1.95. The van der Waals surface area contributed by atoms with E-state index in [1.807, 2.05) is 13.8 Å². The number of benzene rings is 1. The zero-order valence-electron chi connectivity index (χ0n) is 8.03. The molecule has 0 radical (unpaired) electrons. The Morgan fingerprint density at radius 1 is 1.23 bits per heavy atom. The summed E-state index contributed by atoms with van der Waals surface area (Å²) in [6, 6.07) is 4.23. The summed E-state index contributed by atoms with van der Waals surface area (Å²) in [5.74, 6) is -1.04. The van der Waals surface area contributed by atoms with E-state index < -0.39 is 5.97 Å². The zero-order chi connectivity index (χ0) is 10.4. The summed E-state index contributed by atoms with van der Waals surface area (Å²) in [4.78, 5) is 10.4. The van der Waals surface area contributed by atoms with Crippen LogP contribution in [-0.2, 0) is 0 Å². The normalized spacial score (nSPS) is 8.54. The van der Waals surface area contributed by atoms with E-state index in [0.717, 1.165) is 5.56 Å². The van der Waals surface area contributed by atoms with Crippen LogP contribution in [0.1, 0.15) is 29.8 Å². The van der Waals surface area contributed by atoms with Crippen LogP contribution >= 0.6 is 0 Å². The van der Waals surface area contributed by atoms with Crippen LogP contribution in [0.4, 0.5) is 0 Å². The first-order valence-electron chi connectivity index (χ1n) is 4.13. The minimum absolute atomic E-state index is 0.0117. The first-order valence-corrected chi connectivity index (χ1v) is 4.13. The Morgan fingerprint density at radius 3 is 2.15 bits per heavy atom. The van der Waals surface area contributed by atoms with E-state index in [1.165, 1.54) is 18.2 Å². The van der Waals surface area contributed by atoms with Gasteiger partial charge in [-0.15, -0.1) is 0 Å². The topological polar surface area (TPSA) is 57.5 Å². The van der Waals surface area contributed by atoms with Gasteiger partial charge in [0.15, 0.2) is 0 Å². The van der Waals surface area contributed by atoms with Crippen LogP contribution < -0.4 is 0 Å². The van der Waals surface area contributed by atoms with E-state index in [2.05, 4.69) is 0 Å². The quantitative estimate of drug-likeness (QED) is 0.701. The van der Waals surface area contributed by atoms with Crippen molar-refractivity contribution in [3.63, 3.8) is 0 Å². The highest BCUT2D eigenvalue weighted by Crippen LogP contribution is 2.14. The van der Waals surface area contributed by atoms with E-state index in [0.29, 0.717) is 0 Å². The second-order valence-corrected chi connectivity index (χ2v) is 2.36. The minimum Gasteiger partial charge on any atom is -0.508 e. The maximum atomic E-state index is 10.4. The molecule has 3 heteroatoms. The molecule has 0 bridgehead atoms. The maximum absolute atomic E-state index is 10.4. The number of hydrogen-bond donors (Lipinski definition) is 2. The van der Waals surface area contributed by atoms with Gasteiger partial charge in [0.2, 0.25) is 0 Å². The fourth-order valence-electron chi connectivity index (χ4n) is 0.886. The van der Waals surface area contributed by atoms with Crippen molar-refractivity contribution < 1.29 is 15.0 Å². The molecule has 0 unspecified atom stereocenters. The van der Waals surface area contributed by atoms with E-state index >= 15 is 0 Å². The van der Waals surface area contributed by atoms with Crippen LogP contribution in [-0.4, -0.2) is 16.2 Å². The number of aromatic carboxylic acids is 1. The number of hydrogen-bond acceptors (Lipinski definition) is 2. The van der Waals surface area contributed by atoms with Gasteiger partial charge in [-0.1, -0.05) is 13.8 Å². The number of phenolic OH excluding ortho intramolecular Hbond substituents is 1. The molecule has 2 N–H and O–H groups in total. The van der Waals surface area contributed by atoms with E-state index in [-0.39, 0.29) is 11.3 Å². The molecule has 1 rings (SSSR count). The van der Waals surface area contributed by atoms with E-state index in [1.54, 1.807) is 6.92 Å². The highest BCUT2D eigenvalue weighted by atomic mass is 16.4. The van der Waals surface area contributed by atoms with Crippen molar-refractivity contribution in [2.24, 2.45) is 0 Å². The van der Waals surface area contributed by atoms with Gasteiger partial charge in [0, 0.05) is 0 Å². The third-order valence-electron chi connectivity index (χ3n) is 1.31. The molecule has 1 aromatic rings. The summed E-state index contributed by atoms with van der Waals surface area (Å²) < 4.78 is 0. The average Bonchev–Trinajstić information content (AvgIpc) is 2.06. The summed E-state index contributed by atoms with van der Waals surface area (Å²) in [5, 5.41) is 17.5. The van der Waals surface area contributed by atoms with Crippen molar-refractivity contribution in [1.29, 1.82) is 0 Å². The number of aromatic hydroxyl groups is 1. The SMILES string of the molecule is CC.Cc1cc(O)cc(C(=O)O)c1. The fourth-order valence-corrected chi connectivity index (χ4v) is 0.886. The first-order chi connectivity index (χ1) is 6.09. The highest BCUT2D eigenvalue weighted by Gasteiger charge is 2.03. The van der Waals surface area contributed by atoms with Crippen molar-refractivity contribution in [2.75, 3.05) is 0 Å². The fraction of sp³-hybridized carbons (Fsp3) is 0.300. The van der Waals surface area contributed by atoms with Gasteiger partial charge in [-0.3, -0.25) is 0 Å². The number of carboxylic acid groups (broad SMARTS) is 1. The van der Waals surface area contributed by atoms with Crippen molar-refractivity contribution in [2.45, 2.75) is 20.8 Å². The van der Waals surface area contributed by atoms with Crippen LogP contribution in [0, 0.1) is 6.92 Å². The first kappa shape index (κ1) is 11.5. The van der Waals surface area contributed by atoms with Crippen LogP contribution in [0.15, 0.2) is 18.2 Å². The third kappa shape index (κ3) is 3.60. The van der Waals surface area contributed by atoms with Crippen molar-refractivity contribution in [3.05, 3.63) is 29.3 Å². The molecular weight excluding hydrogens is 168 g/mol. The molecule has 0 aromatic heterocycles. The summed E-state index contributed by atoms with van der Waals surface area (Å²) in [6.45, 7) is 5.73. The van der Waals surface area contributed by atoms with Crippen LogP contribution in [0.25, 0.3) is 0 Å². The molecule has 72 valence electrons. The zero-order valence-corrected chi connectivity index (χ0v) is 8.03. The number of carbonyl (C=O) groups is 1. The maximum Gasteiger partial charge on any atom is 0.335 e. The molecular formula is C10H14O3. The summed E-state index contributed by atoms with van der Waals surface area (Å²) in [5.41, 5.74) is 0.852. The number of rotatable bonds is 1. The average molecular weight is 182 g/mol. The Bertz CT molecular complexity index is 272.